The lowest BCUT2D eigenvalue weighted by Gasteiger charge is -2.09. The summed E-state index contributed by atoms with van der Waals surface area (Å²) in [6, 6.07) is 0. The van der Waals surface area contributed by atoms with E-state index in [0.29, 0.717) is 0 Å². The van der Waals surface area contributed by atoms with Crippen molar-refractivity contribution >= 4 is 21.7 Å². The van der Waals surface area contributed by atoms with Crippen molar-refractivity contribution in [2.75, 3.05) is 11.9 Å². The molecular weight excluding hydrogens is 254 g/mol. The molecule has 2 rings (SSSR count). The van der Waals surface area contributed by atoms with Crippen LogP contribution in [0.1, 0.15) is 32.1 Å². The molecule has 1 saturated carbocycles. The number of nitrogens with one attached hydrogen (secondary N) is 1. The maximum absolute atomic E-state index is 4.22. The molecular formula is C11H16BrN3. The van der Waals surface area contributed by atoms with Gasteiger partial charge in [-0.1, -0.05) is 25.7 Å². The smallest absolute Gasteiger partial charge is 0.144 e. The van der Waals surface area contributed by atoms with Gasteiger partial charge in [-0.2, -0.15) is 0 Å². The van der Waals surface area contributed by atoms with Crippen molar-refractivity contribution in [1.82, 2.24) is 9.97 Å². The Morgan fingerprint density at radius 2 is 2.07 bits per heavy atom. The molecule has 0 aromatic carbocycles. The highest BCUT2D eigenvalue weighted by Crippen LogP contribution is 2.27. The van der Waals surface area contributed by atoms with Gasteiger partial charge in [-0.3, -0.25) is 0 Å². The summed E-state index contributed by atoms with van der Waals surface area (Å²) >= 11 is 3.27. The van der Waals surface area contributed by atoms with E-state index in [9.17, 15) is 0 Å². The summed E-state index contributed by atoms with van der Waals surface area (Å²) in [5.74, 6) is 1.80. The standard InChI is InChI=1S/C11H16BrN3/c12-10-7-15-11(8-14-10)13-6-5-9-3-1-2-4-9/h7-9H,1-6H2,(H,13,15). The van der Waals surface area contributed by atoms with Crippen LogP contribution in [-0.4, -0.2) is 16.5 Å². The summed E-state index contributed by atoms with van der Waals surface area (Å²) in [6.45, 7) is 1.01. The van der Waals surface area contributed by atoms with Crippen LogP contribution in [0.15, 0.2) is 17.0 Å². The van der Waals surface area contributed by atoms with E-state index in [-0.39, 0.29) is 0 Å². The van der Waals surface area contributed by atoms with Gasteiger partial charge in [-0.15, -0.1) is 0 Å². The molecule has 3 nitrogen and oxygen atoms in total. The van der Waals surface area contributed by atoms with Crippen LogP contribution < -0.4 is 5.32 Å². The summed E-state index contributed by atoms with van der Waals surface area (Å²) < 4.78 is 0.781. The Balaban J connectivity index is 1.71. The molecule has 0 bridgehead atoms. The summed E-state index contributed by atoms with van der Waals surface area (Å²) in [5.41, 5.74) is 0. The van der Waals surface area contributed by atoms with E-state index in [1.165, 1.54) is 32.1 Å². The summed E-state index contributed by atoms with van der Waals surface area (Å²) in [6.07, 6.45) is 10.4. The van der Waals surface area contributed by atoms with Crippen LogP contribution in [0.4, 0.5) is 5.82 Å². The molecule has 4 heteroatoms. The first-order chi connectivity index (χ1) is 7.34. The fourth-order valence-corrected chi connectivity index (χ4v) is 2.31. The molecule has 0 saturated heterocycles. The first-order valence-corrected chi connectivity index (χ1v) is 6.35. The van der Waals surface area contributed by atoms with Gasteiger partial charge in [0.25, 0.3) is 0 Å². The highest BCUT2D eigenvalue weighted by atomic mass is 79.9. The van der Waals surface area contributed by atoms with Gasteiger partial charge < -0.3 is 5.32 Å². The van der Waals surface area contributed by atoms with E-state index >= 15 is 0 Å². The zero-order valence-electron chi connectivity index (χ0n) is 8.75. The number of rotatable bonds is 4. The van der Waals surface area contributed by atoms with Gasteiger partial charge in [-0.25, -0.2) is 9.97 Å². The van der Waals surface area contributed by atoms with Crippen molar-refractivity contribution in [3.63, 3.8) is 0 Å². The SMILES string of the molecule is Brc1cnc(NCCC2CCCC2)cn1. The Bertz CT molecular complexity index is 293. The molecule has 0 radical (unpaired) electrons. The van der Waals surface area contributed by atoms with Crippen molar-refractivity contribution in [3.8, 4) is 0 Å². The second-order valence-corrected chi connectivity index (χ2v) is 4.90. The lowest BCUT2D eigenvalue weighted by Crippen LogP contribution is -2.07. The first-order valence-electron chi connectivity index (χ1n) is 5.56. The molecule has 1 fully saturated rings. The molecule has 0 spiro atoms. The predicted molar refractivity (Wildman–Crippen MR) is 64.8 cm³/mol. The fourth-order valence-electron chi connectivity index (χ4n) is 2.11. The van der Waals surface area contributed by atoms with Crippen molar-refractivity contribution < 1.29 is 0 Å². The average Bonchev–Trinajstić information content (AvgIpc) is 2.74. The Hall–Kier alpha value is -0.640. The molecule has 1 aromatic rings. The topological polar surface area (TPSA) is 37.8 Å². The second-order valence-electron chi connectivity index (χ2n) is 4.09. The van der Waals surface area contributed by atoms with Crippen LogP contribution in [0.2, 0.25) is 0 Å². The second kappa shape index (κ2) is 5.45. The molecule has 15 heavy (non-hydrogen) atoms. The number of nitrogens with zero attached hydrogens (tertiary/aromatic N) is 2. The molecule has 1 heterocycles. The summed E-state index contributed by atoms with van der Waals surface area (Å²) in [5, 5.41) is 3.30. The third kappa shape index (κ3) is 3.45. The molecule has 1 aliphatic rings. The van der Waals surface area contributed by atoms with E-state index in [0.717, 1.165) is 22.9 Å². The Morgan fingerprint density at radius 3 is 2.73 bits per heavy atom. The molecule has 82 valence electrons. The largest absolute Gasteiger partial charge is 0.369 e. The van der Waals surface area contributed by atoms with Gasteiger partial charge in [0, 0.05) is 6.54 Å². The van der Waals surface area contributed by atoms with Gasteiger partial charge in [0.05, 0.1) is 12.4 Å². The lowest BCUT2D eigenvalue weighted by molar-refractivity contribution is 0.518. The number of hydrogen-bond acceptors (Lipinski definition) is 3. The van der Waals surface area contributed by atoms with Crippen molar-refractivity contribution in [3.05, 3.63) is 17.0 Å². The highest BCUT2D eigenvalue weighted by Gasteiger charge is 2.13. The van der Waals surface area contributed by atoms with Crippen LogP contribution in [0.25, 0.3) is 0 Å². The van der Waals surface area contributed by atoms with Crippen molar-refractivity contribution in [2.24, 2.45) is 5.92 Å². The molecule has 0 aliphatic heterocycles. The van der Waals surface area contributed by atoms with Crippen molar-refractivity contribution in [2.45, 2.75) is 32.1 Å². The van der Waals surface area contributed by atoms with E-state index in [1.54, 1.807) is 12.4 Å². The quantitative estimate of drug-likeness (QED) is 0.912. The Labute approximate surface area is 98.8 Å². The molecule has 0 atom stereocenters. The zero-order chi connectivity index (χ0) is 10.5. The fraction of sp³-hybridized carbons (Fsp3) is 0.636. The predicted octanol–water partition coefficient (Wildman–Crippen LogP) is 3.23. The Morgan fingerprint density at radius 1 is 1.27 bits per heavy atom. The number of anilines is 1. The lowest BCUT2D eigenvalue weighted by atomic mass is 10.0. The van der Waals surface area contributed by atoms with Gasteiger partial charge in [0.1, 0.15) is 10.4 Å². The molecule has 1 N–H and O–H groups in total. The highest BCUT2D eigenvalue weighted by molar-refractivity contribution is 9.10. The van der Waals surface area contributed by atoms with Gasteiger partial charge in [-0.05, 0) is 28.3 Å². The van der Waals surface area contributed by atoms with E-state index in [4.69, 9.17) is 0 Å². The van der Waals surface area contributed by atoms with Crippen LogP contribution in [-0.2, 0) is 0 Å². The maximum atomic E-state index is 4.22. The Kier molecular flexibility index (Phi) is 3.94. The molecule has 0 amide bonds. The van der Waals surface area contributed by atoms with Crippen LogP contribution >= 0.6 is 15.9 Å². The average molecular weight is 270 g/mol. The zero-order valence-corrected chi connectivity index (χ0v) is 10.3. The van der Waals surface area contributed by atoms with Crippen LogP contribution in [0.3, 0.4) is 0 Å². The molecule has 0 unspecified atom stereocenters. The normalized spacial score (nSPS) is 16.9. The number of hydrogen-bond donors (Lipinski definition) is 1. The van der Waals surface area contributed by atoms with Crippen molar-refractivity contribution in [1.29, 1.82) is 0 Å². The monoisotopic (exact) mass is 269 g/mol. The molecule has 1 aromatic heterocycles. The molecule has 1 aliphatic carbocycles. The number of aromatic nitrogens is 2. The van der Waals surface area contributed by atoms with Crippen LogP contribution in [0, 0.1) is 5.92 Å². The summed E-state index contributed by atoms with van der Waals surface area (Å²) in [7, 11) is 0. The van der Waals surface area contributed by atoms with Gasteiger partial charge >= 0.3 is 0 Å². The van der Waals surface area contributed by atoms with E-state index in [1.807, 2.05) is 0 Å². The summed E-state index contributed by atoms with van der Waals surface area (Å²) in [4.78, 5) is 8.34. The minimum absolute atomic E-state index is 0.781. The maximum Gasteiger partial charge on any atom is 0.144 e. The van der Waals surface area contributed by atoms with E-state index in [2.05, 4.69) is 31.2 Å². The first kappa shape index (κ1) is 10.9. The third-order valence-corrected chi connectivity index (χ3v) is 3.36. The minimum atomic E-state index is 0.781. The van der Waals surface area contributed by atoms with Crippen LogP contribution in [0.5, 0.6) is 0 Å². The van der Waals surface area contributed by atoms with E-state index < -0.39 is 0 Å². The van der Waals surface area contributed by atoms with Gasteiger partial charge in [0.2, 0.25) is 0 Å². The number of halogens is 1. The minimum Gasteiger partial charge on any atom is -0.369 e. The third-order valence-electron chi connectivity index (χ3n) is 2.95. The van der Waals surface area contributed by atoms with Gasteiger partial charge in [0.15, 0.2) is 0 Å².